The van der Waals surface area contributed by atoms with Crippen LogP contribution >= 0.6 is 0 Å². The van der Waals surface area contributed by atoms with E-state index in [4.69, 9.17) is 4.99 Å². The van der Waals surface area contributed by atoms with Crippen LogP contribution in [-0.4, -0.2) is 30.6 Å². The molecule has 0 atom stereocenters. The van der Waals surface area contributed by atoms with Gasteiger partial charge in [-0.25, -0.2) is 9.98 Å². The molecule has 3 rings (SSSR count). The number of hydrogen-bond donors (Lipinski definition) is 2. The summed E-state index contributed by atoms with van der Waals surface area (Å²) in [6, 6.07) is 12.6. The van der Waals surface area contributed by atoms with E-state index >= 15 is 0 Å². The van der Waals surface area contributed by atoms with Crippen molar-refractivity contribution in [3.05, 3.63) is 59.3 Å². The van der Waals surface area contributed by atoms with Crippen LogP contribution in [0.1, 0.15) is 36.5 Å². The number of benzene rings is 1. The number of anilines is 1. The molecule has 1 aliphatic heterocycles. The number of rotatable bonds is 6. The minimum atomic E-state index is 0.645. The van der Waals surface area contributed by atoms with E-state index in [0.29, 0.717) is 6.54 Å². The van der Waals surface area contributed by atoms with Crippen LogP contribution in [0, 0.1) is 6.92 Å². The zero-order valence-corrected chi connectivity index (χ0v) is 15.8. The summed E-state index contributed by atoms with van der Waals surface area (Å²) >= 11 is 0. The zero-order chi connectivity index (χ0) is 18.2. The molecule has 0 saturated carbocycles. The number of nitrogens with one attached hydrogen (secondary N) is 2. The van der Waals surface area contributed by atoms with E-state index < -0.39 is 0 Å². The number of hydrogen-bond acceptors (Lipinski definition) is 3. The van der Waals surface area contributed by atoms with Crippen LogP contribution in [-0.2, 0) is 13.1 Å². The molecule has 1 aromatic carbocycles. The van der Waals surface area contributed by atoms with Crippen molar-refractivity contribution in [2.45, 2.75) is 39.8 Å². The zero-order valence-electron chi connectivity index (χ0n) is 15.8. The number of pyridine rings is 1. The monoisotopic (exact) mass is 351 g/mol. The molecule has 1 aromatic heterocycles. The van der Waals surface area contributed by atoms with E-state index in [1.165, 1.54) is 29.5 Å². The molecular formula is C21H29N5. The third-order valence-electron chi connectivity index (χ3n) is 4.71. The van der Waals surface area contributed by atoms with Gasteiger partial charge in [-0.15, -0.1) is 0 Å². The van der Waals surface area contributed by atoms with Crippen LogP contribution in [0.15, 0.2) is 47.6 Å². The Morgan fingerprint density at radius 3 is 2.73 bits per heavy atom. The number of guanidine groups is 1. The first-order valence-corrected chi connectivity index (χ1v) is 9.53. The lowest BCUT2D eigenvalue weighted by molar-refractivity contribution is 0.812. The van der Waals surface area contributed by atoms with E-state index in [0.717, 1.165) is 38.0 Å². The smallest absolute Gasteiger partial charge is 0.191 e. The fourth-order valence-corrected chi connectivity index (χ4v) is 3.18. The number of aryl methyl sites for hydroxylation is 1. The molecule has 138 valence electrons. The van der Waals surface area contributed by atoms with Gasteiger partial charge < -0.3 is 15.5 Å². The summed E-state index contributed by atoms with van der Waals surface area (Å²) in [5.41, 5.74) is 3.77. The molecule has 1 saturated heterocycles. The summed E-state index contributed by atoms with van der Waals surface area (Å²) in [5.74, 6) is 1.92. The maximum atomic E-state index is 4.74. The molecule has 0 unspecified atom stereocenters. The van der Waals surface area contributed by atoms with Crippen molar-refractivity contribution in [1.29, 1.82) is 0 Å². The van der Waals surface area contributed by atoms with Crippen LogP contribution in [0.5, 0.6) is 0 Å². The quantitative estimate of drug-likeness (QED) is 0.620. The molecule has 2 heterocycles. The topological polar surface area (TPSA) is 52.6 Å². The molecule has 0 bridgehead atoms. The number of aliphatic imine (C=N–C) groups is 1. The molecule has 2 N–H and O–H groups in total. The molecule has 5 heteroatoms. The van der Waals surface area contributed by atoms with Crippen molar-refractivity contribution >= 4 is 11.8 Å². The minimum Gasteiger partial charge on any atom is -0.357 e. The molecule has 0 spiro atoms. The summed E-state index contributed by atoms with van der Waals surface area (Å²) < 4.78 is 0. The molecule has 5 nitrogen and oxygen atoms in total. The van der Waals surface area contributed by atoms with Gasteiger partial charge in [0.15, 0.2) is 5.96 Å². The second-order valence-corrected chi connectivity index (χ2v) is 6.69. The lowest BCUT2D eigenvalue weighted by atomic mass is 10.1. The Kier molecular flexibility index (Phi) is 6.47. The largest absolute Gasteiger partial charge is 0.357 e. The van der Waals surface area contributed by atoms with E-state index in [2.05, 4.69) is 64.7 Å². The Morgan fingerprint density at radius 2 is 1.96 bits per heavy atom. The summed E-state index contributed by atoms with van der Waals surface area (Å²) in [5, 5.41) is 6.76. The van der Waals surface area contributed by atoms with Gasteiger partial charge in [-0.3, -0.25) is 0 Å². The fourth-order valence-electron chi connectivity index (χ4n) is 3.18. The highest BCUT2D eigenvalue weighted by atomic mass is 15.2. The van der Waals surface area contributed by atoms with Gasteiger partial charge in [0, 0.05) is 32.4 Å². The highest BCUT2D eigenvalue weighted by Gasteiger charge is 2.13. The Labute approximate surface area is 156 Å². The normalized spacial score (nSPS) is 14.5. The van der Waals surface area contributed by atoms with Gasteiger partial charge >= 0.3 is 0 Å². The Morgan fingerprint density at radius 1 is 1.15 bits per heavy atom. The third-order valence-corrected chi connectivity index (χ3v) is 4.71. The van der Waals surface area contributed by atoms with Gasteiger partial charge in [-0.1, -0.05) is 24.3 Å². The number of aromatic nitrogens is 1. The van der Waals surface area contributed by atoms with E-state index in [-0.39, 0.29) is 0 Å². The molecule has 1 fully saturated rings. The summed E-state index contributed by atoms with van der Waals surface area (Å²) in [6.45, 7) is 8.71. The first-order valence-electron chi connectivity index (χ1n) is 9.53. The fraction of sp³-hybridized carbons (Fsp3) is 0.429. The minimum absolute atomic E-state index is 0.645. The summed E-state index contributed by atoms with van der Waals surface area (Å²) in [6.07, 6.45) is 4.42. The lowest BCUT2D eigenvalue weighted by Gasteiger charge is -2.16. The molecule has 0 radical (unpaired) electrons. The van der Waals surface area contributed by atoms with E-state index in [1.54, 1.807) is 0 Å². The Hall–Kier alpha value is -2.56. The maximum absolute atomic E-state index is 4.74. The average Bonchev–Trinajstić information content (AvgIpc) is 3.20. The van der Waals surface area contributed by atoms with Gasteiger partial charge in [0.1, 0.15) is 5.82 Å². The molecule has 0 amide bonds. The average molecular weight is 351 g/mol. The maximum Gasteiger partial charge on any atom is 0.191 e. The predicted molar refractivity (Wildman–Crippen MR) is 109 cm³/mol. The molecule has 0 aliphatic carbocycles. The SMILES string of the molecule is CCNC(=NCc1ccnc(N2CCCC2)c1)NCc1ccccc1C. The van der Waals surface area contributed by atoms with Gasteiger partial charge in [0.2, 0.25) is 0 Å². The Balaban J connectivity index is 1.63. The third kappa shape index (κ3) is 4.97. The van der Waals surface area contributed by atoms with Crippen molar-refractivity contribution in [2.24, 2.45) is 4.99 Å². The standard InChI is InChI=1S/C21H29N5/c1-3-22-21(25-16-19-9-5-4-8-17(19)2)24-15-18-10-11-23-20(14-18)26-12-6-7-13-26/h4-5,8-11,14H,3,6-7,12-13,15-16H2,1-2H3,(H2,22,24,25). The van der Waals surface area contributed by atoms with Crippen molar-refractivity contribution in [3.63, 3.8) is 0 Å². The molecule has 1 aliphatic rings. The predicted octanol–water partition coefficient (Wildman–Crippen LogP) is 3.25. The first-order chi connectivity index (χ1) is 12.8. The lowest BCUT2D eigenvalue weighted by Crippen LogP contribution is -2.36. The van der Waals surface area contributed by atoms with Crippen molar-refractivity contribution in [2.75, 3.05) is 24.5 Å². The van der Waals surface area contributed by atoms with Gasteiger partial charge in [-0.2, -0.15) is 0 Å². The summed E-state index contributed by atoms with van der Waals surface area (Å²) in [4.78, 5) is 11.6. The van der Waals surface area contributed by atoms with Crippen LogP contribution in [0.25, 0.3) is 0 Å². The van der Waals surface area contributed by atoms with Crippen molar-refractivity contribution < 1.29 is 0 Å². The van der Waals surface area contributed by atoms with Gasteiger partial charge in [-0.05, 0) is 55.5 Å². The van der Waals surface area contributed by atoms with E-state index in [9.17, 15) is 0 Å². The van der Waals surface area contributed by atoms with Crippen LogP contribution in [0.3, 0.4) is 0 Å². The van der Waals surface area contributed by atoms with E-state index in [1.807, 2.05) is 12.3 Å². The summed E-state index contributed by atoms with van der Waals surface area (Å²) in [7, 11) is 0. The highest BCUT2D eigenvalue weighted by molar-refractivity contribution is 5.79. The van der Waals surface area contributed by atoms with Crippen molar-refractivity contribution in [1.82, 2.24) is 15.6 Å². The second-order valence-electron chi connectivity index (χ2n) is 6.69. The van der Waals surface area contributed by atoms with Crippen LogP contribution in [0.4, 0.5) is 5.82 Å². The highest BCUT2D eigenvalue weighted by Crippen LogP contribution is 2.18. The Bertz CT molecular complexity index is 735. The second kappa shape index (κ2) is 9.22. The molecular weight excluding hydrogens is 322 g/mol. The first kappa shape index (κ1) is 18.2. The van der Waals surface area contributed by atoms with Gasteiger partial charge in [0.25, 0.3) is 0 Å². The van der Waals surface area contributed by atoms with Crippen LogP contribution < -0.4 is 15.5 Å². The van der Waals surface area contributed by atoms with Crippen LogP contribution in [0.2, 0.25) is 0 Å². The molecule has 2 aromatic rings. The van der Waals surface area contributed by atoms with Gasteiger partial charge in [0.05, 0.1) is 6.54 Å². The van der Waals surface area contributed by atoms with Crippen molar-refractivity contribution in [3.8, 4) is 0 Å². The number of nitrogens with zero attached hydrogens (tertiary/aromatic N) is 3. The molecule has 26 heavy (non-hydrogen) atoms.